The average molecular weight is 254 g/mol. The van der Waals surface area contributed by atoms with Crippen molar-refractivity contribution < 1.29 is 9.90 Å². The zero-order chi connectivity index (χ0) is 12.4. The molecule has 0 aliphatic carbocycles. The van der Waals surface area contributed by atoms with Gasteiger partial charge in [-0.25, -0.2) is 0 Å². The van der Waals surface area contributed by atoms with E-state index < -0.39 is 5.97 Å². The van der Waals surface area contributed by atoms with Crippen molar-refractivity contribution in [3.63, 3.8) is 0 Å². The highest BCUT2D eigenvalue weighted by molar-refractivity contribution is 6.30. The molecule has 1 aliphatic heterocycles. The van der Waals surface area contributed by atoms with E-state index in [1.54, 1.807) is 0 Å². The highest BCUT2D eigenvalue weighted by atomic mass is 35.5. The van der Waals surface area contributed by atoms with Gasteiger partial charge in [0, 0.05) is 24.7 Å². The molecule has 1 saturated heterocycles. The third kappa shape index (κ3) is 2.99. The molecule has 2 unspecified atom stereocenters. The van der Waals surface area contributed by atoms with Gasteiger partial charge in [-0.2, -0.15) is 0 Å². The smallest absolute Gasteiger partial charge is 0.308 e. The first-order chi connectivity index (χ1) is 8.06. The summed E-state index contributed by atoms with van der Waals surface area (Å²) in [6.45, 7) is 4.23. The standard InChI is InChI=1S/C13H16ClNO2/c1-9-6-15(8-12(9)13(16)17)7-10-3-2-4-11(14)5-10/h2-5,9,12H,6-8H2,1H3,(H,16,17). The second-order valence-corrected chi connectivity index (χ2v) is 5.18. The summed E-state index contributed by atoms with van der Waals surface area (Å²) in [6, 6.07) is 7.72. The first-order valence-corrected chi connectivity index (χ1v) is 6.13. The van der Waals surface area contributed by atoms with Crippen molar-refractivity contribution in [2.45, 2.75) is 13.5 Å². The molecule has 0 aromatic heterocycles. The number of hydrogen-bond acceptors (Lipinski definition) is 2. The van der Waals surface area contributed by atoms with Gasteiger partial charge < -0.3 is 5.11 Å². The molecule has 0 spiro atoms. The summed E-state index contributed by atoms with van der Waals surface area (Å²) in [5.74, 6) is -0.716. The molecule has 1 aliphatic rings. The van der Waals surface area contributed by atoms with Gasteiger partial charge in [0.25, 0.3) is 0 Å². The largest absolute Gasteiger partial charge is 0.481 e. The fraction of sp³-hybridized carbons (Fsp3) is 0.462. The second kappa shape index (κ2) is 5.07. The third-order valence-corrected chi connectivity index (χ3v) is 3.54. The number of benzene rings is 1. The van der Waals surface area contributed by atoms with E-state index >= 15 is 0 Å². The molecule has 0 saturated carbocycles. The molecule has 17 heavy (non-hydrogen) atoms. The zero-order valence-electron chi connectivity index (χ0n) is 9.77. The quantitative estimate of drug-likeness (QED) is 0.900. The number of halogens is 1. The Morgan fingerprint density at radius 1 is 1.53 bits per heavy atom. The maximum Gasteiger partial charge on any atom is 0.308 e. The van der Waals surface area contributed by atoms with E-state index in [4.69, 9.17) is 16.7 Å². The van der Waals surface area contributed by atoms with Gasteiger partial charge in [0.1, 0.15) is 0 Å². The van der Waals surface area contributed by atoms with Gasteiger partial charge in [-0.1, -0.05) is 30.7 Å². The van der Waals surface area contributed by atoms with Gasteiger partial charge in [-0.15, -0.1) is 0 Å². The van der Waals surface area contributed by atoms with Crippen LogP contribution in [0.5, 0.6) is 0 Å². The van der Waals surface area contributed by atoms with Gasteiger partial charge in [-0.05, 0) is 23.6 Å². The van der Waals surface area contributed by atoms with Crippen LogP contribution >= 0.6 is 11.6 Å². The summed E-state index contributed by atoms with van der Waals surface area (Å²) in [7, 11) is 0. The molecular weight excluding hydrogens is 238 g/mol. The maximum absolute atomic E-state index is 11.0. The normalized spacial score (nSPS) is 25.1. The Kier molecular flexibility index (Phi) is 3.69. The Labute approximate surface area is 106 Å². The second-order valence-electron chi connectivity index (χ2n) is 4.75. The summed E-state index contributed by atoms with van der Waals surface area (Å²) in [6.07, 6.45) is 0. The van der Waals surface area contributed by atoms with Gasteiger partial charge in [-0.3, -0.25) is 9.69 Å². The van der Waals surface area contributed by atoms with Crippen molar-refractivity contribution >= 4 is 17.6 Å². The van der Waals surface area contributed by atoms with Crippen LogP contribution in [0.1, 0.15) is 12.5 Å². The molecule has 0 bridgehead atoms. The Morgan fingerprint density at radius 3 is 2.88 bits per heavy atom. The maximum atomic E-state index is 11.0. The van der Waals surface area contributed by atoms with Crippen LogP contribution < -0.4 is 0 Å². The minimum absolute atomic E-state index is 0.215. The molecule has 3 nitrogen and oxygen atoms in total. The molecule has 1 aromatic rings. The summed E-state index contributed by atoms with van der Waals surface area (Å²) in [4.78, 5) is 13.2. The van der Waals surface area contributed by atoms with Crippen molar-refractivity contribution in [3.05, 3.63) is 34.9 Å². The molecular formula is C13H16ClNO2. The van der Waals surface area contributed by atoms with Crippen LogP contribution in [0.4, 0.5) is 0 Å². The summed E-state index contributed by atoms with van der Waals surface area (Å²) in [5, 5.41) is 9.79. The number of carboxylic acid groups (broad SMARTS) is 1. The lowest BCUT2D eigenvalue weighted by Gasteiger charge is -2.15. The fourth-order valence-corrected chi connectivity index (χ4v) is 2.62. The van der Waals surface area contributed by atoms with E-state index in [0.29, 0.717) is 6.54 Å². The van der Waals surface area contributed by atoms with Crippen molar-refractivity contribution in [1.29, 1.82) is 0 Å². The van der Waals surface area contributed by atoms with Gasteiger partial charge in [0.05, 0.1) is 5.92 Å². The summed E-state index contributed by atoms with van der Waals surface area (Å²) >= 11 is 5.93. The highest BCUT2D eigenvalue weighted by Gasteiger charge is 2.34. The monoisotopic (exact) mass is 253 g/mol. The van der Waals surface area contributed by atoms with E-state index in [1.165, 1.54) is 0 Å². The van der Waals surface area contributed by atoms with Crippen LogP contribution in [0.2, 0.25) is 5.02 Å². The Hall–Kier alpha value is -1.06. The van der Waals surface area contributed by atoms with Crippen molar-refractivity contribution in [3.8, 4) is 0 Å². The fourth-order valence-electron chi connectivity index (χ4n) is 2.41. The molecule has 92 valence electrons. The zero-order valence-corrected chi connectivity index (χ0v) is 10.5. The Bertz CT molecular complexity index is 422. The number of nitrogens with zero attached hydrogens (tertiary/aromatic N) is 1. The SMILES string of the molecule is CC1CN(Cc2cccc(Cl)c2)CC1C(=O)O. The third-order valence-electron chi connectivity index (χ3n) is 3.30. The van der Waals surface area contributed by atoms with E-state index in [1.807, 2.05) is 31.2 Å². The Balaban J connectivity index is 2.00. The van der Waals surface area contributed by atoms with E-state index in [9.17, 15) is 4.79 Å². The molecule has 4 heteroatoms. The summed E-state index contributed by atoms with van der Waals surface area (Å²) in [5.41, 5.74) is 1.13. The minimum Gasteiger partial charge on any atom is -0.481 e. The van der Waals surface area contributed by atoms with Crippen LogP contribution in [-0.4, -0.2) is 29.1 Å². The van der Waals surface area contributed by atoms with E-state index in [0.717, 1.165) is 23.7 Å². The molecule has 1 heterocycles. The van der Waals surface area contributed by atoms with Gasteiger partial charge in [0.15, 0.2) is 0 Å². The molecule has 0 radical (unpaired) electrons. The number of rotatable bonds is 3. The predicted octanol–water partition coefficient (Wildman–Crippen LogP) is 2.49. The predicted molar refractivity (Wildman–Crippen MR) is 67.0 cm³/mol. The van der Waals surface area contributed by atoms with Crippen LogP contribution in [0.25, 0.3) is 0 Å². The lowest BCUT2D eigenvalue weighted by atomic mass is 9.99. The molecule has 0 amide bonds. The average Bonchev–Trinajstić information content (AvgIpc) is 2.59. The lowest BCUT2D eigenvalue weighted by Crippen LogP contribution is -2.23. The summed E-state index contributed by atoms with van der Waals surface area (Å²) < 4.78 is 0. The van der Waals surface area contributed by atoms with E-state index in [2.05, 4.69) is 4.90 Å². The van der Waals surface area contributed by atoms with E-state index in [-0.39, 0.29) is 11.8 Å². The first-order valence-electron chi connectivity index (χ1n) is 5.76. The number of aliphatic carboxylic acids is 1. The molecule has 1 N–H and O–H groups in total. The van der Waals surface area contributed by atoms with Crippen molar-refractivity contribution in [2.75, 3.05) is 13.1 Å². The topological polar surface area (TPSA) is 40.5 Å². The van der Waals surface area contributed by atoms with Gasteiger partial charge in [0.2, 0.25) is 0 Å². The van der Waals surface area contributed by atoms with Crippen molar-refractivity contribution in [2.24, 2.45) is 11.8 Å². The number of carbonyl (C=O) groups is 1. The Morgan fingerprint density at radius 2 is 2.29 bits per heavy atom. The highest BCUT2D eigenvalue weighted by Crippen LogP contribution is 2.25. The molecule has 2 atom stereocenters. The number of likely N-dealkylation sites (tertiary alicyclic amines) is 1. The lowest BCUT2D eigenvalue weighted by molar-refractivity contribution is -0.142. The molecule has 1 fully saturated rings. The van der Waals surface area contributed by atoms with Crippen LogP contribution in [-0.2, 0) is 11.3 Å². The van der Waals surface area contributed by atoms with Crippen LogP contribution in [0, 0.1) is 11.8 Å². The molecule has 2 rings (SSSR count). The first kappa shape index (κ1) is 12.4. The van der Waals surface area contributed by atoms with Gasteiger partial charge >= 0.3 is 5.97 Å². The minimum atomic E-state index is -0.689. The van der Waals surface area contributed by atoms with Crippen LogP contribution in [0.15, 0.2) is 24.3 Å². The molecule has 1 aromatic carbocycles. The number of hydrogen-bond donors (Lipinski definition) is 1. The van der Waals surface area contributed by atoms with Crippen LogP contribution in [0.3, 0.4) is 0 Å². The number of carboxylic acids is 1. The van der Waals surface area contributed by atoms with Crippen molar-refractivity contribution in [1.82, 2.24) is 4.90 Å².